The Morgan fingerprint density at radius 1 is 1.00 bits per heavy atom. The summed E-state index contributed by atoms with van der Waals surface area (Å²) in [5, 5.41) is 24.9. The van der Waals surface area contributed by atoms with Crippen molar-refractivity contribution in [3.8, 4) is 0 Å². The minimum Gasteiger partial charge on any atom is -0.393 e. The molecule has 6 rings (SSSR count). The molecule has 41 heavy (non-hydrogen) atoms. The molecule has 0 unspecified atom stereocenters. The van der Waals surface area contributed by atoms with Crippen LogP contribution in [0.1, 0.15) is 54.2 Å². The number of hydrogen-bond donors (Lipinski definition) is 3. The molecule has 1 atom stereocenters. The minimum atomic E-state index is -3.59. The topological polar surface area (TPSA) is 144 Å². The predicted molar refractivity (Wildman–Crippen MR) is 159 cm³/mol. The van der Waals surface area contributed by atoms with E-state index in [1.165, 1.54) is 0 Å². The van der Waals surface area contributed by atoms with E-state index in [0.29, 0.717) is 55.7 Å². The van der Waals surface area contributed by atoms with Crippen LogP contribution >= 0.6 is 15.9 Å². The summed E-state index contributed by atoms with van der Waals surface area (Å²) in [6, 6.07) is 8.53. The molecule has 0 spiro atoms. The molecule has 3 aromatic rings. The van der Waals surface area contributed by atoms with Crippen molar-refractivity contribution in [3.05, 3.63) is 46.1 Å². The number of aromatic nitrogens is 3. The van der Waals surface area contributed by atoms with Gasteiger partial charge in [0.15, 0.2) is 5.65 Å². The molecule has 3 fully saturated rings. The second kappa shape index (κ2) is 11.0. The molecule has 3 N–H and O–H groups in total. The molecule has 2 aromatic heterocycles. The van der Waals surface area contributed by atoms with Gasteiger partial charge in [0.1, 0.15) is 11.6 Å². The molecular weight excluding hydrogens is 614 g/mol. The molecule has 0 radical (unpaired) electrons. The van der Waals surface area contributed by atoms with Crippen LogP contribution in [-0.4, -0.2) is 95.2 Å². The predicted octanol–water partition coefficient (Wildman–Crippen LogP) is 2.37. The molecule has 0 bridgehead atoms. The highest BCUT2D eigenvalue weighted by molar-refractivity contribution is 9.10. The van der Waals surface area contributed by atoms with E-state index in [9.17, 15) is 23.4 Å². The molecule has 3 saturated heterocycles. The lowest BCUT2D eigenvalue weighted by Gasteiger charge is -2.38. The van der Waals surface area contributed by atoms with Crippen molar-refractivity contribution in [1.29, 1.82) is 0 Å². The lowest BCUT2D eigenvalue weighted by atomic mass is 9.98. The van der Waals surface area contributed by atoms with Crippen LogP contribution < -0.4 is 14.5 Å². The van der Waals surface area contributed by atoms with Crippen molar-refractivity contribution in [1.82, 2.24) is 19.5 Å². The number of hydrogen-bond acceptors (Lipinski definition) is 9. The highest BCUT2D eigenvalue weighted by atomic mass is 79.9. The monoisotopic (exact) mass is 647 g/mol. The molecule has 1 aromatic carbocycles. The number of aliphatic hydroxyl groups is 2. The number of fused-ring (bicyclic) bond motifs is 1. The lowest BCUT2D eigenvalue weighted by Crippen LogP contribution is -2.51. The summed E-state index contributed by atoms with van der Waals surface area (Å²) in [5.41, 5.74) is 1.87. The number of carbonyl (C=O) groups excluding carboxylic acids is 1. The SMILES string of the molecule is CS(=O)(=O)Nc1ccc(Br)cc1C(=O)N1CCCC[C@H]1c1cc2nc(N3CC(O)C3)cc(N3CCC(O)CC3)n2n1. The van der Waals surface area contributed by atoms with Gasteiger partial charge < -0.3 is 24.9 Å². The van der Waals surface area contributed by atoms with E-state index in [4.69, 9.17) is 10.1 Å². The Labute approximate surface area is 247 Å². The van der Waals surface area contributed by atoms with Gasteiger partial charge in [-0.25, -0.2) is 13.4 Å². The highest BCUT2D eigenvalue weighted by Crippen LogP contribution is 2.36. The maximum atomic E-state index is 14.0. The Morgan fingerprint density at radius 2 is 1.76 bits per heavy atom. The quantitative estimate of drug-likeness (QED) is 0.367. The fourth-order valence-electron chi connectivity index (χ4n) is 5.87. The Morgan fingerprint density at radius 3 is 2.46 bits per heavy atom. The third-order valence-corrected chi connectivity index (χ3v) is 9.08. The molecule has 0 saturated carbocycles. The fourth-order valence-corrected chi connectivity index (χ4v) is 6.81. The summed E-state index contributed by atoms with van der Waals surface area (Å²) in [5.74, 6) is 1.36. The lowest BCUT2D eigenvalue weighted by molar-refractivity contribution is 0.0606. The number of rotatable bonds is 6. The number of nitrogens with zero attached hydrogens (tertiary/aromatic N) is 6. The molecule has 14 heteroatoms. The molecule has 12 nitrogen and oxygen atoms in total. The van der Waals surface area contributed by atoms with Gasteiger partial charge in [-0.3, -0.25) is 9.52 Å². The number of amides is 1. The smallest absolute Gasteiger partial charge is 0.256 e. The van der Waals surface area contributed by atoms with Crippen LogP contribution in [0.15, 0.2) is 34.8 Å². The van der Waals surface area contributed by atoms with Gasteiger partial charge in [0.2, 0.25) is 10.0 Å². The number of likely N-dealkylation sites (tertiary alicyclic amines) is 1. The zero-order chi connectivity index (χ0) is 28.9. The average molecular weight is 649 g/mol. The Bertz CT molecular complexity index is 1570. The number of aliphatic hydroxyl groups excluding tert-OH is 2. The molecule has 0 aliphatic carbocycles. The first-order chi connectivity index (χ1) is 19.6. The molecule has 3 aliphatic heterocycles. The van der Waals surface area contributed by atoms with Crippen LogP contribution in [0.3, 0.4) is 0 Å². The summed E-state index contributed by atoms with van der Waals surface area (Å²) >= 11 is 3.42. The Hall–Kier alpha value is -2.94. The summed E-state index contributed by atoms with van der Waals surface area (Å²) < 4.78 is 29.0. The summed E-state index contributed by atoms with van der Waals surface area (Å²) in [7, 11) is -3.59. The van der Waals surface area contributed by atoms with Crippen molar-refractivity contribution in [2.75, 3.05) is 53.5 Å². The van der Waals surface area contributed by atoms with E-state index in [1.54, 1.807) is 23.1 Å². The summed E-state index contributed by atoms with van der Waals surface area (Å²) in [6.45, 7) is 2.92. The van der Waals surface area contributed by atoms with E-state index in [1.807, 2.05) is 21.5 Å². The first-order valence-corrected chi connectivity index (χ1v) is 16.6. The van der Waals surface area contributed by atoms with Crippen molar-refractivity contribution < 1.29 is 23.4 Å². The standard InChI is InChI=1S/C27H34BrN7O5S/c1-41(39,40)31-21-6-5-17(28)12-20(21)27(38)34-9-3-2-4-23(34)22-13-25-29-24(33-15-19(37)16-33)14-26(35(25)30-22)32-10-7-18(36)8-11-32/h5-6,12-14,18-19,23,31,36-37H,2-4,7-11,15-16H2,1H3/t23-/m0/s1. The second-order valence-electron chi connectivity index (χ2n) is 11.2. The first-order valence-electron chi connectivity index (χ1n) is 13.9. The normalized spacial score (nSPS) is 20.9. The van der Waals surface area contributed by atoms with Crippen molar-refractivity contribution >= 4 is 54.8 Å². The maximum Gasteiger partial charge on any atom is 0.256 e. The number of nitrogens with one attached hydrogen (secondary N) is 1. The van der Waals surface area contributed by atoms with Gasteiger partial charge in [-0.2, -0.15) is 9.61 Å². The van der Waals surface area contributed by atoms with Gasteiger partial charge in [0.05, 0.1) is 41.5 Å². The number of piperidine rings is 2. The van der Waals surface area contributed by atoms with Gasteiger partial charge in [0, 0.05) is 49.3 Å². The summed E-state index contributed by atoms with van der Waals surface area (Å²) in [6.07, 6.45) is 4.18. The maximum absolute atomic E-state index is 14.0. The molecule has 5 heterocycles. The van der Waals surface area contributed by atoms with Crippen molar-refractivity contribution in [3.63, 3.8) is 0 Å². The summed E-state index contributed by atoms with van der Waals surface area (Å²) in [4.78, 5) is 24.9. The second-order valence-corrected chi connectivity index (χ2v) is 13.8. The molecular formula is C27H34BrN7O5S. The van der Waals surface area contributed by atoms with Crippen LogP contribution in [0.2, 0.25) is 0 Å². The third-order valence-electron chi connectivity index (χ3n) is 8.00. The van der Waals surface area contributed by atoms with E-state index in [-0.39, 0.29) is 35.4 Å². The van der Waals surface area contributed by atoms with E-state index in [0.717, 1.165) is 42.8 Å². The molecule has 3 aliphatic rings. The fraction of sp³-hybridized carbons (Fsp3) is 0.519. The molecule has 220 valence electrons. The van der Waals surface area contributed by atoms with Gasteiger partial charge in [-0.05, 0) is 50.3 Å². The largest absolute Gasteiger partial charge is 0.393 e. The van der Waals surface area contributed by atoms with Crippen LogP contribution in [0.4, 0.5) is 17.3 Å². The van der Waals surface area contributed by atoms with Crippen LogP contribution in [-0.2, 0) is 10.0 Å². The van der Waals surface area contributed by atoms with Gasteiger partial charge in [-0.1, -0.05) is 15.9 Å². The average Bonchev–Trinajstić information content (AvgIpc) is 3.35. The van der Waals surface area contributed by atoms with Crippen molar-refractivity contribution in [2.24, 2.45) is 0 Å². The highest BCUT2D eigenvalue weighted by Gasteiger charge is 2.34. The van der Waals surface area contributed by atoms with Crippen molar-refractivity contribution in [2.45, 2.75) is 50.4 Å². The Kier molecular flexibility index (Phi) is 7.59. The number of sulfonamides is 1. The van der Waals surface area contributed by atoms with Gasteiger partial charge >= 0.3 is 0 Å². The van der Waals surface area contributed by atoms with E-state index in [2.05, 4.69) is 25.6 Å². The van der Waals surface area contributed by atoms with E-state index < -0.39 is 10.0 Å². The number of anilines is 3. The van der Waals surface area contributed by atoms with Crippen LogP contribution in [0, 0.1) is 0 Å². The third kappa shape index (κ3) is 5.87. The first kappa shape index (κ1) is 28.2. The minimum absolute atomic E-state index is 0.234. The number of halogens is 1. The van der Waals surface area contributed by atoms with Crippen LogP contribution in [0.5, 0.6) is 0 Å². The number of β-amino-alcohol motifs (C(OH)–C–C–N with tert-alkyl or cyclic N) is 1. The number of benzene rings is 1. The van der Waals surface area contributed by atoms with Gasteiger partial charge in [-0.15, -0.1) is 0 Å². The zero-order valence-electron chi connectivity index (χ0n) is 22.8. The number of carbonyl (C=O) groups is 1. The molecule has 1 amide bonds. The Balaban J connectivity index is 1.38. The van der Waals surface area contributed by atoms with Gasteiger partial charge in [0.25, 0.3) is 5.91 Å². The zero-order valence-corrected chi connectivity index (χ0v) is 25.2. The van der Waals surface area contributed by atoms with Crippen LogP contribution in [0.25, 0.3) is 5.65 Å². The van der Waals surface area contributed by atoms with E-state index >= 15 is 0 Å².